The monoisotopic (exact) mass is 312 g/mol. The highest BCUT2D eigenvalue weighted by molar-refractivity contribution is 7.98. The molecule has 0 spiro atoms. The molecule has 0 aliphatic rings. The first-order chi connectivity index (χ1) is 9.42. The van der Waals surface area contributed by atoms with Gasteiger partial charge < -0.3 is 5.73 Å². The first kappa shape index (κ1) is 14.7. The van der Waals surface area contributed by atoms with Crippen LogP contribution in [0.5, 0.6) is 0 Å². The normalized spacial score (nSPS) is 11.3. The minimum Gasteiger partial charge on any atom is -0.396 e. The van der Waals surface area contributed by atoms with Crippen molar-refractivity contribution in [2.45, 2.75) is 9.79 Å². The topological polar surface area (TPSA) is 72.2 Å². The molecule has 0 saturated carbocycles. The summed E-state index contributed by atoms with van der Waals surface area (Å²) < 4.78 is 39.9. The molecule has 0 amide bonds. The predicted molar refractivity (Wildman–Crippen MR) is 79.8 cm³/mol. The van der Waals surface area contributed by atoms with Gasteiger partial charge in [0.1, 0.15) is 5.82 Å². The SMILES string of the molecule is CSc1ccc(NS(=O)(=O)c2ccc(N)c(F)c2)cc1. The minimum atomic E-state index is -3.82. The number of thioether (sulfide) groups is 1. The number of hydrogen-bond donors (Lipinski definition) is 2. The van der Waals surface area contributed by atoms with Crippen molar-refractivity contribution in [1.82, 2.24) is 0 Å². The van der Waals surface area contributed by atoms with Crippen LogP contribution in [0.3, 0.4) is 0 Å². The first-order valence-electron chi connectivity index (χ1n) is 5.64. The predicted octanol–water partition coefficient (Wildman–Crippen LogP) is 2.93. The molecule has 2 aromatic rings. The van der Waals surface area contributed by atoms with Gasteiger partial charge in [0, 0.05) is 10.6 Å². The van der Waals surface area contributed by atoms with Gasteiger partial charge in [-0.3, -0.25) is 4.72 Å². The molecule has 7 heteroatoms. The Kier molecular flexibility index (Phi) is 4.20. The lowest BCUT2D eigenvalue weighted by Crippen LogP contribution is -2.13. The summed E-state index contributed by atoms with van der Waals surface area (Å²) in [5, 5.41) is 0. The van der Waals surface area contributed by atoms with E-state index in [0.29, 0.717) is 5.69 Å². The van der Waals surface area contributed by atoms with Crippen LogP contribution in [0, 0.1) is 5.82 Å². The Hall–Kier alpha value is -1.73. The Morgan fingerprint density at radius 3 is 2.35 bits per heavy atom. The Morgan fingerprint density at radius 1 is 1.15 bits per heavy atom. The Labute approximate surface area is 121 Å². The van der Waals surface area contributed by atoms with E-state index in [1.165, 1.54) is 12.1 Å². The van der Waals surface area contributed by atoms with Gasteiger partial charge in [-0.1, -0.05) is 0 Å². The summed E-state index contributed by atoms with van der Waals surface area (Å²) in [5.41, 5.74) is 5.65. The molecule has 0 saturated heterocycles. The van der Waals surface area contributed by atoms with Gasteiger partial charge in [-0.25, -0.2) is 12.8 Å². The van der Waals surface area contributed by atoms with Crippen molar-refractivity contribution in [3.63, 3.8) is 0 Å². The van der Waals surface area contributed by atoms with Crippen molar-refractivity contribution < 1.29 is 12.8 Å². The van der Waals surface area contributed by atoms with Gasteiger partial charge in [0.15, 0.2) is 0 Å². The second-order valence-corrected chi connectivity index (χ2v) is 6.58. The van der Waals surface area contributed by atoms with Gasteiger partial charge in [-0.05, 0) is 48.7 Å². The Balaban J connectivity index is 2.27. The van der Waals surface area contributed by atoms with Crippen LogP contribution in [0.15, 0.2) is 52.3 Å². The highest BCUT2D eigenvalue weighted by atomic mass is 32.2. The zero-order chi connectivity index (χ0) is 14.8. The lowest BCUT2D eigenvalue weighted by Gasteiger charge is -2.09. The Morgan fingerprint density at radius 2 is 1.80 bits per heavy atom. The maximum Gasteiger partial charge on any atom is 0.261 e. The second kappa shape index (κ2) is 5.72. The molecule has 0 atom stereocenters. The lowest BCUT2D eigenvalue weighted by atomic mass is 10.3. The molecule has 0 aliphatic carbocycles. The molecule has 20 heavy (non-hydrogen) atoms. The summed E-state index contributed by atoms with van der Waals surface area (Å²) in [6.07, 6.45) is 1.93. The average molecular weight is 312 g/mol. The fraction of sp³-hybridized carbons (Fsp3) is 0.0769. The van der Waals surface area contributed by atoms with Crippen LogP contribution >= 0.6 is 11.8 Å². The fourth-order valence-electron chi connectivity index (χ4n) is 1.55. The van der Waals surface area contributed by atoms with Crippen LogP contribution < -0.4 is 10.5 Å². The molecule has 0 fully saturated rings. The van der Waals surface area contributed by atoms with E-state index < -0.39 is 15.8 Å². The smallest absolute Gasteiger partial charge is 0.261 e. The van der Waals surface area contributed by atoms with E-state index in [1.54, 1.807) is 36.0 Å². The average Bonchev–Trinajstić information content (AvgIpc) is 2.42. The molecule has 2 aromatic carbocycles. The highest BCUT2D eigenvalue weighted by Crippen LogP contribution is 2.22. The largest absolute Gasteiger partial charge is 0.396 e. The van der Waals surface area contributed by atoms with E-state index in [1.807, 2.05) is 6.26 Å². The molecule has 0 bridgehead atoms. The van der Waals surface area contributed by atoms with E-state index >= 15 is 0 Å². The fourth-order valence-corrected chi connectivity index (χ4v) is 3.03. The highest BCUT2D eigenvalue weighted by Gasteiger charge is 2.15. The van der Waals surface area contributed by atoms with E-state index in [-0.39, 0.29) is 10.6 Å². The van der Waals surface area contributed by atoms with E-state index in [0.717, 1.165) is 11.0 Å². The molecule has 0 radical (unpaired) electrons. The molecule has 106 valence electrons. The number of benzene rings is 2. The summed E-state index contributed by atoms with van der Waals surface area (Å²) in [6, 6.07) is 10.3. The van der Waals surface area contributed by atoms with Gasteiger partial charge in [-0.15, -0.1) is 11.8 Å². The van der Waals surface area contributed by atoms with Gasteiger partial charge in [0.05, 0.1) is 10.6 Å². The molecule has 0 unspecified atom stereocenters. The van der Waals surface area contributed by atoms with Gasteiger partial charge >= 0.3 is 0 Å². The number of anilines is 2. The lowest BCUT2D eigenvalue weighted by molar-refractivity contribution is 0.596. The van der Waals surface area contributed by atoms with Gasteiger partial charge in [0.2, 0.25) is 0 Å². The molecule has 0 heterocycles. The van der Waals surface area contributed by atoms with Crippen LogP contribution in [-0.4, -0.2) is 14.7 Å². The van der Waals surface area contributed by atoms with Crippen LogP contribution in [0.1, 0.15) is 0 Å². The number of nitrogens with two attached hydrogens (primary N) is 1. The van der Waals surface area contributed by atoms with E-state index in [2.05, 4.69) is 4.72 Å². The molecule has 2 rings (SSSR count). The number of nitrogens with one attached hydrogen (secondary N) is 1. The standard InChI is InChI=1S/C13H13FN2O2S2/c1-19-10-4-2-9(3-5-10)16-20(17,18)11-6-7-13(15)12(14)8-11/h2-8,16H,15H2,1H3. The molecular formula is C13H13FN2O2S2. The summed E-state index contributed by atoms with van der Waals surface area (Å²) in [4.78, 5) is 0.852. The van der Waals surface area contributed by atoms with Crippen molar-refractivity contribution >= 4 is 33.2 Å². The quantitative estimate of drug-likeness (QED) is 0.672. The Bertz CT molecular complexity index is 716. The number of rotatable bonds is 4. The summed E-state index contributed by atoms with van der Waals surface area (Å²) >= 11 is 1.55. The zero-order valence-corrected chi connectivity index (χ0v) is 12.3. The maximum atomic E-state index is 13.3. The number of halogens is 1. The van der Waals surface area contributed by atoms with E-state index in [9.17, 15) is 12.8 Å². The van der Waals surface area contributed by atoms with Crippen LogP contribution in [0.2, 0.25) is 0 Å². The maximum absolute atomic E-state index is 13.3. The van der Waals surface area contributed by atoms with Crippen molar-refractivity contribution in [3.05, 3.63) is 48.3 Å². The van der Waals surface area contributed by atoms with Crippen LogP contribution in [0.4, 0.5) is 15.8 Å². The van der Waals surface area contributed by atoms with Crippen LogP contribution in [-0.2, 0) is 10.0 Å². The molecule has 0 aliphatic heterocycles. The third-order valence-corrected chi connectivity index (χ3v) is 4.75. The van der Waals surface area contributed by atoms with Crippen molar-refractivity contribution in [3.8, 4) is 0 Å². The third kappa shape index (κ3) is 3.23. The second-order valence-electron chi connectivity index (χ2n) is 4.02. The molecule has 0 aromatic heterocycles. The van der Waals surface area contributed by atoms with Crippen molar-refractivity contribution in [2.75, 3.05) is 16.7 Å². The summed E-state index contributed by atoms with van der Waals surface area (Å²) in [6.45, 7) is 0. The van der Waals surface area contributed by atoms with Gasteiger partial charge in [-0.2, -0.15) is 0 Å². The number of sulfonamides is 1. The summed E-state index contributed by atoms with van der Waals surface area (Å²) in [5.74, 6) is -0.759. The molecule has 4 nitrogen and oxygen atoms in total. The first-order valence-corrected chi connectivity index (χ1v) is 8.35. The van der Waals surface area contributed by atoms with Crippen molar-refractivity contribution in [1.29, 1.82) is 0 Å². The number of nitrogen functional groups attached to an aromatic ring is 1. The molecule has 3 N–H and O–H groups in total. The minimum absolute atomic E-state index is 0.0896. The van der Waals surface area contributed by atoms with Crippen molar-refractivity contribution in [2.24, 2.45) is 0 Å². The van der Waals surface area contributed by atoms with E-state index in [4.69, 9.17) is 5.73 Å². The third-order valence-electron chi connectivity index (χ3n) is 2.62. The zero-order valence-electron chi connectivity index (χ0n) is 10.6. The number of hydrogen-bond acceptors (Lipinski definition) is 4. The van der Waals surface area contributed by atoms with Crippen LogP contribution in [0.25, 0.3) is 0 Å². The van der Waals surface area contributed by atoms with Gasteiger partial charge in [0.25, 0.3) is 10.0 Å². The molecular weight excluding hydrogens is 299 g/mol. The summed E-state index contributed by atoms with van der Waals surface area (Å²) in [7, 11) is -3.82.